The van der Waals surface area contributed by atoms with E-state index in [4.69, 9.17) is 16.3 Å². The molecule has 1 heterocycles. The Balaban J connectivity index is 2.15. The molecule has 6 heteroatoms. The van der Waals surface area contributed by atoms with Gasteiger partial charge in [0.1, 0.15) is 5.82 Å². The van der Waals surface area contributed by atoms with E-state index in [1.165, 1.54) is 18.2 Å². The lowest BCUT2D eigenvalue weighted by Gasteiger charge is -2.36. The molecule has 104 valence electrons. The van der Waals surface area contributed by atoms with Crippen molar-refractivity contribution in [1.29, 1.82) is 0 Å². The molecular formula is C13H14ClFINO2. The maximum Gasteiger partial charge on any atom is 0.252 e. The van der Waals surface area contributed by atoms with E-state index in [9.17, 15) is 9.18 Å². The molecule has 0 saturated carbocycles. The standard InChI is InChI=1S/C13H14ClFINO2/c14-8-13(3-5-19-6-4-13)17-12(18)10-2-1-9(15)7-11(10)16/h1-2,7H,3-6,8H2,(H,17,18). The fourth-order valence-corrected chi connectivity index (χ4v) is 3.09. The number of amides is 1. The second kappa shape index (κ2) is 6.37. The summed E-state index contributed by atoms with van der Waals surface area (Å²) in [7, 11) is 0. The monoisotopic (exact) mass is 397 g/mol. The SMILES string of the molecule is O=C(NC1(CCl)CCOCC1)c1ccc(F)cc1I. The maximum absolute atomic E-state index is 13.0. The Morgan fingerprint density at radius 3 is 2.74 bits per heavy atom. The van der Waals surface area contributed by atoms with Gasteiger partial charge in [-0.3, -0.25) is 4.79 Å². The molecule has 2 rings (SSSR count). The third kappa shape index (κ3) is 3.58. The van der Waals surface area contributed by atoms with Crippen LogP contribution in [-0.4, -0.2) is 30.5 Å². The van der Waals surface area contributed by atoms with Gasteiger partial charge < -0.3 is 10.1 Å². The van der Waals surface area contributed by atoms with Gasteiger partial charge in [0, 0.05) is 22.7 Å². The van der Waals surface area contributed by atoms with Crippen molar-refractivity contribution in [3.8, 4) is 0 Å². The van der Waals surface area contributed by atoms with Gasteiger partial charge in [-0.25, -0.2) is 4.39 Å². The second-order valence-electron chi connectivity index (χ2n) is 4.60. The number of ether oxygens (including phenoxy) is 1. The highest BCUT2D eigenvalue weighted by Gasteiger charge is 2.33. The fraction of sp³-hybridized carbons (Fsp3) is 0.462. The van der Waals surface area contributed by atoms with E-state index in [0.717, 1.165) is 0 Å². The third-order valence-corrected chi connectivity index (χ3v) is 4.66. The predicted molar refractivity (Wildman–Crippen MR) is 80.1 cm³/mol. The molecular weight excluding hydrogens is 384 g/mol. The lowest BCUT2D eigenvalue weighted by atomic mass is 9.92. The molecule has 0 aromatic heterocycles. The van der Waals surface area contributed by atoms with Gasteiger partial charge in [-0.1, -0.05) is 0 Å². The number of alkyl halides is 1. The van der Waals surface area contributed by atoms with Crippen molar-refractivity contribution < 1.29 is 13.9 Å². The van der Waals surface area contributed by atoms with Crippen LogP contribution >= 0.6 is 34.2 Å². The van der Waals surface area contributed by atoms with Crippen LogP contribution in [0, 0.1) is 9.39 Å². The summed E-state index contributed by atoms with van der Waals surface area (Å²) >= 11 is 7.96. The Labute approximate surface area is 130 Å². The summed E-state index contributed by atoms with van der Waals surface area (Å²) in [5, 5.41) is 2.98. The van der Waals surface area contributed by atoms with Gasteiger partial charge in [-0.15, -0.1) is 11.6 Å². The van der Waals surface area contributed by atoms with Crippen molar-refractivity contribution in [1.82, 2.24) is 5.32 Å². The van der Waals surface area contributed by atoms with Gasteiger partial charge in [0.15, 0.2) is 0 Å². The zero-order valence-corrected chi connectivity index (χ0v) is 13.1. The summed E-state index contributed by atoms with van der Waals surface area (Å²) in [4.78, 5) is 12.3. The summed E-state index contributed by atoms with van der Waals surface area (Å²) in [6.07, 6.45) is 1.39. The third-order valence-electron chi connectivity index (χ3n) is 3.26. The average molecular weight is 398 g/mol. The van der Waals surface area contributed by atoms with Gasteiger partial charge in [0.05, 0.1) is 11.1 Å². The second-order valence-corrected chi connectivity index (χ2v) is 6.03. The topological polar surface area (TPSA) is 38.3 Å². The smallest absolute Gasteiger partial charge is 0.252 e. The van der Waals surface area contributed by atoms with Crippen LogP contribution in [0.4, 0.5) is 4.39 Å². The Bertz CT molecular complexity index is 478. The predicted octanol–water partition coefficient (Wildman–Crippen LogP) is 2.95. The van der Waals surface area contributed by atoms with Crippen LogP contribution in [-0.2, 0) is 4.74 Å². The highest BCUT2D eigenvalue weighted by molar-refractivity contribution is 14.1. The first kappa shape index (κ1) is 15.0. The van der Waals surface area contributed by atoms with Crippen molar-refractivity contribution in [3.63, 3.8) is 0 Å². The molecule has 19 heavy (non-hydrogen) atoms. The van der Waals surface area contributed by atoms with Crippen LogP contribution < -0.4 is 5.32 Å². The molecule has 1 amide bonds. The summed E-state index contributed by atoms with van der Waals surface area (Å²) in [6.45, 7) is 1.18. The number of carbonyl (C=O) groups is 1. The van der Waals surface area contributed by atoms with Crippen LogP contribution in [0.1, 0.15) is 23.2 Å². The summed E-state index contributed by atoms with van der Waals surface area (Å²) in [5.41, 5.74) is 0.0481. The molecule has 3 nitrogen and oxygen atoms in total. The Morgan fingerprint density at radius 1 is 1.47 bits per heavy atom. The highest BCUT2D eigenvalue weighted by atomic mass is 127. The van der Waals surface area contributed by atoms with E-state index in [2.05, 4.69) is 5.32 Å². The van der Waals surface area contributed by atoms with Crippen LogP contribution in [0.3, 0.4) is 0 Å². The normalized spacial score (nSPS) is 18.1. The molecule has 1 fully saturated rings. The van der Waals surface area contributed by atoms with E-state index >= 15 is 0 Å². The van der Waals surface area contributed by atoms with Crippen molar-refractivity contribution >= 4 is 40.1 Å². The first-order valence-electron chi connectivity index (χ1n) is 5.98. The number of hydrogen-bond acceptors (Lipinski definition) is 2. The van der Waals surface area contributed by atoms with Crippen LogP contribution in [0.2, 0.25) is 0 Å². The first-order valence-corrected chi connectivity index (χ1v) is 7.59. The van der Waals surface area contributed by atoms with Crippen molar-refractivity contribution in [2.75, 3.05) is 19.1 Å². The zero-order valence-electron chi connectivity index (χ0n) is 10.2. The lowest BCUT2D eigenvalue weighted by Crippen LogP contribution is -2.53. The van der Waals surface area contributed by atoms with E-state index < -0.39 is 5.54 Å². The molecule has 0 unspecified atom stereocenters. The van der Waals surface area contributed by atoms with Gasteiger partial charge in [-0.2, -0.15) is 0 Å². The molecule has 0 bridgehead atoms. The van der Waals surface area contributed by atoms with Crippen LogP contribution in [0.5, 0.6) is 0 Å². The van der Waals surface area contributed by atoms with E-state index in [-0.39, 0.29) is 11.7 Å². The highest BCUT2D eigenvalue weighted by Crippen LogP contribution is 2.23. The maximum atomic E-state index is 13.0. The van der Waals surface area contributed by atoms with Crippen molar-refractivity contribution in [2.24, 2.45) is 0 Å². The van der Waals surface area contributed by atoms with E-state index in [1.807, 2.05) is 22.6 Å². The number of carbonyl (C=O) groups excluding carboxylic acids is 1. The minimum absolute atomic E-state index is 0.216. The molecule has 1 aliphatic rings. The number of benzene rings is 1. The molecule has 1 N–H and O–H groups in total. The van der Waals surface area contributed by atoms with Gasteiger partial charge in [0.25, 0.3) is 5.91 Å². The number of hydrogen-bond donors (Lipinski definition) is 1. The lowest BCUT2D eigenvalue weighted by molar-refractivity contribution is 0.0433. The molecule has 0 aliphatic carbocycles. The molecule has 1 aliphatic heterocycles. The molecule has 1 aromatic carbocycles. The van der Waals surface area contributed by atoms with Gasteiger partial charge >= 0.3 is 0 Å². The molecule has 0 atom stereocenters. The summed E-state index contributed by atoms with van der Waals surface area (Å²) < 4.78 is 18.9. The van der Waals surface area contributed by atoms with E-state index in [1.54, 1.807) is 0 Å². The molecule has 1 saturated heterocycles. The van der Waals surface area contributed by atoms with Gasteiger partial charge in [-0.05, 0) is 53.6 Å². The summed E-state index contributed by atoms with van der Waals surface area (Å²) in [6, 6.07) is 4.12. The zero-order chi connectivity index (χ0) is 13.9. The summed E-state index contributed by atoms with van der Waals surface area (Å²) in [5.74, 6) is -0.217. The largest absolute Gasteiger partial charge is 0.381 e. The average Bonchev–Trinajstić information content (AvgIpc) is 2.39. The quantitative estimate of drug-likeness (QED) is 0.629. The molecule has 1 aromatic rings. The minimum Gasteiger partial charge on any atom is -0.381 e. The Kier molecular flexibility index (Phi) is 5.03. The van der Waals surface area contributed by atoms with Gasteiger partial charge in [0.2, 0.25) is 0 Å². The fourth-order valence-electron chi connectivity index (χ4n) is 2.04. The molecule has 0 radical (unpaired) electrons. The minimum atomic E-state index is -0.422. The van der Waals surface area contributed by atoms with Crippen molar-refractivity contribution in [3.05, 3.63) is 33.1 Å². The van der Waals surface area contributed by atoms with E-state index in [0.29, 0.717) is 41.1 Å². The van der Waals surface area contributed by atoms with Crippen LogP contribution in [0.25, 0.3) is 0 Å². The number of nitrogens with one attached hydrogen (secondary N) is 1. The van der Waals surface area contributed by atoms with Crippen molar-refractivity contribution in [2.45, 2.75) is 18.4 Å². The number of halogens is 3. The first-order chi connectivity index (χ1) is 9.06. The Morgan fingerprint density at radius 2 is 2.16 bits per heavy atom. The Hall–Kier alpha value is -0.400. The number of rotatable bonds is 3. The molecule has 0 spiro atoms. The van der Waals surface area contributed by atoms with Crippen LogP contribution in [0.15, 0.2) is 18.2 Å².